The fourth-order valence-electron chi connectivity index (χ4n) is 8.31. The summed E-state index contributed by atoms with van der Waals surface area (Å²) in [6.07, 6.45) is 0.608. The van der Waals surface area contributed by atoms with Crippen molar-refractivity contribution in [3.63, 3.8) is 0 Å². The highest BCUT2D eigenvalue weighted by molar-refractivity contribution is 7.14. The lowest BCUT2D eigenvalue weighted by Gasteiger charge is -2.30. The van der Waals surface area contributed by atoms with Gasteiger partial charge in [0, 0.05) is 101 Å². The molecule has 5 aromatic rings. The third-order valence-electron chi connectivity index (χ3n) is 13.3. The zero-order valence-corrected chi connectivity index (χ0v) is 51.6. The number of unbranched alkanes of at least 4 members (excludes halogenated alkanes) is 1. The molecule has 1 aliphatic heterocycles. The number of piperazine rings is 1. The molecule has 5 N–H and O–H groups in total. The first-order chi connectivity index (χ1) is 42.0. The van der Waals surface area contributed by atoms with E-state index in [1.54, 1.807) is 85.5 Å². The van der Waals surface area contributed by atoms with Gasteiger partial charge in [0.2, 0.25) is 11.8 Å². The summed E-state index contributed by atoms with van der Waals surface area (Å²) in [4.78, 5) is 66.6. The first-order valence-electron chi connectivity index (χ1n) is 28.8. The number of hydrogen-bond donors (Lipinski definition) is 4. The summed E-state index contributed by atoms with van der Waals surface area (Å²) in [7, 11) is 8.00. The SMILES string of the molecule is CN(CCCCOc1ccc(CCC(=O)N(CCC(F)(F)F)C(C(=O)NCc2ccc(Cl)cc2)c2ccn(C)n2)cc1)CCOCCOCC/C(C=NCCOCCOc1ccc(NC(=O)Nc2nc(CC=O)cs2)cc1)=N/N.CN1CCN(C)CC1. The number of ether oxygens (including phenoxy) is 5. The lowest BCUT2D eigenvalue weighted by atomic mass is 10.1. The van der Waals surface area contributed by atoms with Crippen LogP contribution >= 0.6 is 22.9 Å². The van der Waals surface area contributed by atoms with E-state index < -0.39 is 43.0 Å². The van der Waals surface area contributed by atoms with Gasteiger partial charge in [0.1, 0.15) is 24.4 Å². The number of carbonyl (C=O) groups is 4. The molecule has 0 saturated carbocycles. The molecule has 1 fully saturated rings. The number of aldehydes is 1. The third kappa shape index (κ3) is 29.5. The highest BCUT2D eigenvalue weighted by Crippen LogP contribution is 2.27. The van der Waals surface area contributed by atoms with Crippen molar-refractivity contribution in [2.24, 2.45) is 23.0 Å². The van der Waals surface area contributed by atoms with Crippen LogP contribution in [0.1, 0.15) is 60.7 Å². The normalized spacial score (nSPS) is 13.5. The molecule has 0 bridgehead atoms. The quantitative estimate of drug-likeness (QED) is 0.00986. The minimum atomic E-state index is -4.56. The monoisotopic (exact) mass is 1250 g/mol. The number of aryl methyl sites for hydroxylation is 2. The van der Waals surface area contributed by atoms with Gasteiger partial charge >= 0.3 is 12.2 Å². The van der Waals surface area contributed by atoms with Gasteiger partial charge in [-0.05, 0) is 113 Å². The van der Waals surface area contributed by atoms with Crippen LogP contribution < -0.4 is 31.3 Å². The molecular formula is C60H83ClF3N13O9S. The maximum atomic E-state index is 13.7. The van der Waals surface area contributed by atoms with Crippen LogP contribution in [0.5, 0.6) is 11.5 Å². The van der Waals surface area contributed by atoms with Gasteiger partial charge in [-0.25, -0.2) is 9.78 Å². The number of nitrogens with zero attached hydrogens (tertiary/aromatic N) is 9. The summed E-state index contributed by atoms with van der Waals surface area (Å²) in [5.41, 5.74) is 3.43. The van der Waals surface area contributed by atoms with Crippen molar-refractivity contribution in [3.8, 4) is 11.5 Å². The van der Waals surface area contributed by atoms with E-state index in [2.05, 4.69) is 64.9 Å². The Kier molecular flexibility index (Phi) is 32.3. The molecule has 87 heavy (non-hydrogen) atoms. The maximum absolute atomic E-state index is 13.7. The number of rotatable bonds is 37. The second kappa shape index (κ2) is 39.7. The number of likely N-dealkylation sites (N-methyl/N-ethyl adjacent to an activating group) is 3. The van der Waals surface area contributed by atoms with Crippen LogP contribution in [-0.4, -0.2) is 203 Å². The van der Waals surface area contributed by atoms with E-state index >= 15 is 0 Å². The first kappa shape index (κ1) is 70.7. The highest BCUT2D eigenvalue weighted by atomic mass is 35.5. The number of aromatic nitrogens is 3. The molecule has 6 rings (SSSR count). The van der Waals surface area contributed by atoms with E-state index in [0.29, 0.717) is 105 Å². The van der Waals surface area contributed by atoms with E-state index in [-0.39, 0.29) is 31.5 Å². The minimum Gasteiger partial charge on any atom is -0.494 e. The fourth-order valence-corrected chi connectivity index (χ4v) is 9.16. The Hall–Kier alpha value is -7.04. The summed E-state index contributed by atoms with van der Waals surface area (Å²) >= 11 is 7.22. The molecule has 0 radical (unpaired) electrons. The van der Waals surface area contributed by atoms with Crippen LogP contribution in [0.15, 0.2) is 101 Å². The molecule has 0 aliphatic carbocycles. The van der Waals surface area contributed by atoms with Gasteiger partial charge < -0.3 is 64.6 Å². The summed E-state index contributed by atoms with van der Waals surface area (Å²) < 4.78 is 70.7. The number of amides is 4. The number of nitrogens with two attached hydrogens (primary N) is 1. The Morgan fingerprint density at radius 2 is 1.43 bits per heavy atom. The fraction of sp³-hybridized carbons (Fsp3) is 0.500. The number of urea groups is 1. The first-order valence-corrected chi connectivity index (χ1v) is 30.1. The molecule has 1 atom stereocenters. The summed E-state index contributed by atoms with van der Waals surface area (Å²) in [6.45, 7) is 9.71. The summed E-state index contributed by atoms with van der Waals surface area (Å²) in [5, 5.41) is 18.8. The molecule has 4 amide bonds. The molecule has 0 spiro atoms. The molecule has 3 aromatic carbocycles. The van der Waals surface area contributed by atoms with Gasteiger partial charge in [0.05, 0.1) is 76.3 Å². The second-order valence-electron chi connectivity index (χ2n) is 20.4. The van der Waals surface area contributed by atoms with Crippen molar-refractivity contribution in [2.75, 3.05) is 137 Å². The molecule has 1 aliphatic rings. The van der Waals surface area contributed by atoms with Crippen molar-refractivity contribution in [1.82, 2.24) is 39.7 Å². The number of aliphatic imine (C=N–C) groups is 1. The van der Waals surface area contributed by atoms with E-state index in [9.17, 15) is 32.3 Å². The van der Waals surface area contributed by atoms with Crippen LogP contribution in [0.4, 0.5) is 28.8 Å². The largest absolute Gasteiger partial charge is 0.494 e. The van der Waals surface area contributed by atoms with Crippen molar-refractivity contribution in [3.05, 3.63) is 118 Å². The minimum absolute atomic E-state index is 0.0741. The molecule has 27 heteroatoms. The predicted octanol–water partition coefficient (Wildman–Crippen LogP) is 7.55. The Labute approximate surface area is 516 Å². The molecule has 476 valence electrons. The number of halogens is 4. The van der Waals surface area contributed by atoms with Gasteiger partial charge in [-0.15, -0.1) is 11.3 Å². The topological polar surface area (TPSA) is 245 Å². The Morgan fingerprint density at radius 1 is 0.782 bits per heavy atom. The molecular weight excluding hydrogens is 1170 g/mol. The van der Waals surface area contributed by atoms with Gasteiger partial charge in [-0.2, -0.15) is 23.4 Å². The lowest BCUT2D eigenvalue weighted by molar-refractivity contribution is -0.152. The molecule has 1 saturated heterocycles. The average Bonchev–Trinajstić information content (AvgIpc) is 3.74. The number of hydrazone groups is 1. The number of alkyl halides is 3. The number of benzene rings is 3. The van der Waals surface area contributed by atoms with E-state index in [1.807, 2.05) is 19.2 Å². The van der Waals surface area contributed by atoms with Gasteiger partial charge in [-0.3, -0.25) is 24.6 Å². The predicted molar refractivity (Wildman–Crippen MR) is 332 cm³/mol. The second-order valence-corrected chi connectivity index (χ2v) is 21.7. The smallest absolute Gasteiger partial charge is 0.390 e. The Balaban J connectivity index is 0.00000159. The highest BCUT2D eigenvalue weighted by Gasteiger charge is 2.36. The number of thiazole rings is 1. The summed E-state index contributed by atoms with van der Waals surface area (Å²) in [6, 6.07) is 20.6. The van der Waals surface area contributed by atoms with Crippen LogP contribution in [0.3, 0.4) is 0 Å². The van der Waals surface area contributed by atoms with Crippen LogP contribution in [0.2, 0.25) is 5.02 Å². The maximum Gasteiger partial charge on any atom is 0.390 e. The van der Waals surface area contributed by atoms with E-state index in [0.717, 1.165) is 48.2 Å². The zero-order valence-electron chi connectivity index (χ0n) is 50.1. The standard InChI is InChI=1S/C54H69ClF3N11O9S.C6H14N2/c1-67(27-32-76-34-33-74-30-21-44(65-59)38-60-23-31-75-35-36-78-47-16-12-43(13-17-47)62-52(73)64-53-63-45(20-28-70)39-79-53)24-3-4-29-77-46-14-7-40(8-15-46)9-18-49(71)69(26-22-54(56,57)58)50(48-19-25-68(2)66-48)51(72)61-37-41-5-10-42(55)11-6-41;1-7-3-5-8(2)6-4-7/h5-8,10-17,19,25,28,38-39,50H,3-4,9,18,20-24,26-27,29-37,59H2,1-2H3,(H,61,72)(H2,62,63,64,73);3-6H2,1-2H3/b60-38?,65-44-;. The molecule has 1 unspecified atom stereocenters. The van der Waals surface area contributed by atoms with Crippen LogP contribution in [0, 0.1) is 0 Å². The van der Waals surface area contributed by atoms with Crippen LogP contribution in [0.25, 0.3) is 0 Å². The average molecular weight is 1250 g/mol. The van der Waals surface area contributed by atoms with Crippen LogP contribution in [-0.2, 0) is 55.0 Å². The van der Waals surface area contributed by atoms with Gasteiger partial charge in [0.25, 0.3) is 0 Å². The van der Waals surface area contributed by atoms with Gasteiger partial charge in [-0.1, -0.05) is 35.9 Å². The van der Waals surface area contributed by atoms with E-state index in [1.165, 1.54) is 48.3 Å². The van der Waals surface area contributed by atoms with Gasteiger partial charge in [0.15, 0.2) is 11.2 Å². The van der Waals surface area contributed by atoms with E-state index in [4.69, 9.17) is 41.1 Å². The summed E-state index contributed by atoms with van der Waals surface area (Å²) in [5.74, 6) is 5.54. The third-order valence-corrected chi connectivity index (χ3v) is 14.4. The number of anilines is 2. The van der Waals surface area contributed by atoms with Crippen molar-refractivity contribution in [1.29, 1.82) is 0 Å². The number of nitrogens with one attached hydrogen (secondary N) is 3. The zero-order chi connectivity index (χ0) is 62.7. The Bertz CT molecular complexity index is 2830. The molecule has 3 heterocycles. The van der Waals surface area contributed by atoms with Crippen molar-refractivity contribution >= 4 is 69.8 Å². The van der Waals surface area contributed by atoms with Crippen molar-refractivity contribution in [2.45, 2.75) is 63.7 Å². The number of hydrogen-bond acceptors (Lipinski definition) is 18. The lowest BCUT2D eigenvalue weighted by Crippen LogP contribution is -2.45. The molecule has 22 nitrogen and oxygen atoms in total. The molecule has 2 aromatic heterocycles. The van der Waals surface area contributed by atoms with Crippen molar-refractivity contribution < 1.29 is 56.0 Å². The number of carbonyl (C=O) groups excluding carboxylic acids is 4. The Morgan fingerprint density at radius 3 is 2.08 bits per heavy atom.